The molecule has 25 heavy (non-hydrogen) atoms. The van der Waals surface area contributed by atoms with Gasteiger partial charge in [0.05, 0.1) is 35.2 Å². The van der Waals surface area contributed by atoms with Crippen LogP contribution in [0.1, 0.15) is 40.4 Å². The number of sulfonamides is 1. The molecule has 1 aromatic carbocycles. The van der Waals surface area contributed by atoms with Gasteiger partial charge in [0.1, 0.15) is 5.69 Å². The van der Waals surface area contributed by atoms with Gasteiger partial charge in [-0.15, -0.1) is 0 Å². The molecule has 9 heteroatoms. The number of aromatic nitrogens is 1. The third-order valence-electron chi connectivity index (χ3n) is 4.14. The molecule has 3 rings (SSSR count). The summed E-state index contributed by atoms with van der Waals surface area (Å²) in [6.07, 6.45) is 4.36. The number of hydrogen-bond acceptors (Lipinski definition) is 6. The average molecular weight is 429 g/mol. The lowest BCUT2D eigenvalue weighted by atomic mass is 10.0. The zero-order valence-corrected chi connectivity index (χ0v) is 16.3. The van der Waals surface area contributed by atoms with Crippen molar-refractivity contribution in [1.82, 2.24) is 5.16 Å². The molecule has 1 aromatic heterocycles. The molecule has 0 saturated heterocycles. The molecule has 2 aromatic rings. The van der Waals surface area contributed by atoms with Gasteiger partial charge >= 0.3 is 0 Å². The normalized spacial score (nSPS) is 14.4. The molecule has 1 saturated carbocycles. The van der Waals surface area contributed by atoms with Gasteiger partial charge in [0.25, 0.3) is 0 Å². The minimum atomic E-state index is -3.60. The average Bonchev–Trinajstić information content (AvgIpc) is 3.29. The maximum absolute atomic E-state index is 13.1. The van der Waals surface area contributed by atoms with Crippen LogP contribution < -0.4 is 9.04 Å². The predicted molar refractivity (Wildman–Crippen MR) is 95.9 cm³/mol. The number of ether oxygens (including phenoxy) is 1. The summed E-state index contributed by atoms with van der Waals surface area (Å²) in [4.78, 5) is 13.1. The Bertz CT molecular complexity index is 934. The van der Waals surface area contributed by atoms with Crippen LogP contribution in [0.2, 0.25) is 0 Å². The topological polar surface area (TPSA) is 89.7 Å². The first kappa shape index (κ1) is 17.9. The summed E-state index contributed by atoms with van der Waals surface area (Å²) in [6, 6.07) is 3.21. The van der Waals surface area contributed by atoms with Gasteiger partial charge in [0.15, 0.2) is 17.3 Å². The van der Waals surface area contributed by atoms with Crippen LogP contribution in [0.25, 0.3) is 0 Å². The molecule has 7 nitrogen and oxygen atoms in total. The highest BCUT2D eigenvalue weighted by Gasteiger charge is 2.34. The first-order valence-corrected chi connectivity index (χ1v) is 10.2. The zero-order valence-electron chi connectivity index (χ0n) is 13.9. The first-order chi connectivity index (χ1) is 11.8. The van der Waals surface area contributed by atoms with E-state index in [-0.39, 0.29) is 28.7 Å². The van der Waals surface area contributed by atoms with Gasteiger partial charge in [-0.25, -0.2) is 8.42 Å². The molecule has 0 radical (unpaired) electrons. The van der Waals surface area contributed by atoms with Crippen LogP contribution >= 0.6 is 15.9 Å². The van der Waals surface area contributed by atoms with Crippen molar-refractivity contribution < 1.29 is 22.5 Å². The van der Waals surface area contributed by atoms with Crippen LogP contribution in [-0.4, -0.2) is 39.8 Å². The fourth-order valence-electron chi connectivity index (χ4n) is 2.61. The van der Waals surface area contributed by atoms with E-state index in [1.807, 2.05) is 0 Å². The lowest BCUT2D eigenvalue weighted by Gasteiger charge is -2.23. The minimum absolute atomic E-state index is 0.173. The van der Waals surface area contributed by atoms with Gasteiger partial charge in [-0.2, -0.15) is 0 Å². The SMILES string of the molecule is COc1c(Br)ccc(C(=O)c2cnoc2C2CC2)c1N(C)S(C)(=O)=O. The smallest absolute Gasteiger partial charge is 0.232 e. The molecule has 0 atom stereocenters. The van der Waals surface area contributed by atoms with Gasteiger partial charge in [-0.05, 0) is 40.9 Å². The van der Waals surface area contributed by atoms with E-state index >= 15 is 0 Å². The molecule has 1 aliphatic rings. The number of anilines is 1. The van der Waals surface area contributed by atoms with E-state index in [0.29, 0.717) is 15.8 Å². The molecule has 0 spiro atoms. The highest BCUT2D eigenvalue weighted by Crippen LogP contribution is 2.44. The molecule has 1 fully saturated rings. The molecule has 0 bridgehead atoms. The third-order valence-corrected chi connectivity index (χ3v) is 5.94. The Morgan fingerprint density at radius 2 is 2.04 bits per heavy atom. The molecular weight excluding hydrogens is 412 g/mol. The van der Waals surface area contributed by atoms with Crippen molar-refractivity contribution in [2.24, 2.45) is 0 Å². The number of benzene rings is 1. The number of ketones is 1. The molecule has 134 valence electrons. The largest absolute Gasteiger partial charge is 0.493 e. The molecule has 1 heterocycles. The third kappa shape index (κ3) is 3.30. The molecule has 0 amide bonds. The fourth-order valence-corrected chi connectivity index (χ4v) is 3.60. The summed E-state index contributed by atoms with van der Waals surface area (Å²) < 4.78 is 36.3. The second-order valence-electron chi connectivity index (χ2n) is 5.91. The lowest BCUT2D eigenvalue weighted by Crippen LogP contribution is -2.27. The van der Waals surface area contributed by atoms with Gasteiger partial charge in [-0.1, -0.05) is 5.16 Å². The van der Waals surface area contributed by atoms with Crippen molar-refractivity contribution in [2.45, 2.75) is 18.8 Å². The predicted octanol–water partition coefficient (Wildman–Crippen LogP) is 2.95. The number of hydrogen-bond donors (Lipinski definition) is 0. The number of carbonyl (C=O) groups is 1. The molecular formula is C16H17BrN2O5S. The van der Waals surface area contributed by atoms with Crippen LogP contribution in [0, 0.1) is 0 Å². The summed E-state index contributed by atoms with van der Waals surface area (Å²) in [7, 11) is -0.803. The monoisotopic (exact) mass is 428 g/mol. The van der Waals surface area contributed by atoms with Gasteiger partial charge < -0.3 is 9.26 Å². The Balaban J connectivity index is 2.18. The highest BCUT2D eigenvalue weighted by atomic mass is 79.9. The number of nitrogens with zero attached hydrogens (tertiary/aromatic N) is 2. The number of rotatable bonds is 6. The Labute approximate surface area is 154 Å². The van der Waals surface area contributed by atoms with E-state index < -0.39 is 10.0 Å². The molecule has 0 unspecified atom stereocenters. The summed E-state index contributed by atoms with van der Waals surface area (Å²) in [5.41, 5.74) is 0.737. The summed E-state index contributed by atoms with van der Waals surface area (Å²) in [6.45, 7) is 0. The maximum atomic E-state index is 13.1. The Morgan fingerprint density at radius 1 is 1.36 bits per heavy atom. The van der Waals surface area contributed by atoms with Crippen molar-refractivity contribution in [3.8, 4) is 5.75 Å². The maximum Gasteiger partial charge on any atom is 0.232 e. The van der Waals surface area contributed by atoms with Crippen molar-refractivity contribution in [3.63, 3.8) is 0 Å². The zero-order chi connectivity index (χ0) is 18.4. The Hall–Kier alpha value is -1.87. The number of halogens is 1. The quantitative estimate of drug-likeness (QED) is 0.656. The Morgan fingerprint density at radius 3 is 2.60 bits per heavy atom. The van der Waals surface area contributed by atoms with E-state index in [4.69, 9.17) is 9.26 Å². The highest BCUT2D eigenvalue weighted by molar-refractivity contribution is 9.10. The standard InChI is InChI=1S/C16H17BrN2O5S/c1-19(25(3,21)22)13-10(6-7-12(17)16(13)23-2)14(20)11-8-18-24-15(11)9-4-5-9/h6-9H,4-5H2,1-3H3. The van der Waals surface area contributed by atoms with Crippen LogP contribution in [0.4, 0.5) is 5.69 Å². The molecule has 0 N–H and O–H groups in total. The van der Waals surface area contributed by atoms with Crippen LogP contribution in [0.15, 0.2) is 27.3 Å². The molecule has 0 aliphatic heterocycles. The summed E-state index contributed by atoms with van der Waals surface area (Å²) in [5.74, 6) is 0.678. The summed E-state index contributed by atoms with van der Waals surface area (Å²) >= 11 is 3.33. The van der Waals surface area contributed by atoms with Crippen LogP contribution in [0.3, 0.4) is 0 Å². The van der Waals surface area contributed by atoms with E-state index in [0.717, 1.165) is 23.4 Å². The number of methoxy groups -OCH3 is 1. The molecule has 1 aliphatic carbocycles. The van der Waals surface area contributed by atoms with Gasteiger partial charge in [0, 0.05) is 13.0 Å². The van der Waals surface area contributed by atoms with Crippen molar-refractivity contribution >= 4 is 37.4 Å². The van der Waals surface area contributed by atoms with Crippen molar-refractivity contribution in [3.05, 3.63) is 39.7 Å². The van der Waals surface area contributed by atoms with E-state index in [1.54, 1.807) is 12.1 Å². The Kier molecular flexibility index (Phi) is 4.63. The van der Waals surface area contributed by atoms with Crippen molar-refractivity contribution in [1.29, 1.82) is 0 Å². The van der Waals surface area contributed by atoms with E-state index in [9.17, 15) is 13.2 Å². The van der Waals surface area contributed by atoms with Crippen LogP contribution in [0.5, 0.6) is 5.75 Å². The van der Waals surface area contributed by atoms with Gasteiger partial charge in [-0.3, -0.25) is 9.10 Å². The van der Waals surface area contributed by atoms with Crippen LogP contribution in [-0.2, 0) is 10.0 Å². The minimum Gasteiger partial charge on any atom is -0.493 e. The summed E-state index contributed by atoms with van der Waals surface area (Å²) in [5, 5.41) is 3.75. The van der Waals surface area contributed by atoms with E-state index in [1.165, 1.54) is 20.4 Å². The van der Waals surface area contributed by atoms with Crippen molar-refractivity contribution in [2.75, 3.05) is 24.7 Å². The second kappa shape index (κ2) is 6.45. The fraction of sp³-hybridized carbons (Fsp3) is 0.375. The number of carbonyl (C=O) groups excluding carboxylic acids is 1. The second-order valence-corrected chi connectivity index (χ2v) is 8.78. The first-order valence-electron chi connectivity index (χ1n) is 7.55. The van der Waals surface area contributed by atoms with Gasteiger partial charge in [0.2, 0.25) is 10.0 Å². The van der Waals surface area contributed by atoms with E-state index in [2.05, 4.69) is 21.1 Å². The lowest BCUT2D eigenvalue weighted by molar-refractivity contribution is 0.103.